The van der Waals surface area contributed by atoms with Crippen LogP contribution in [0.5, 0.6) is 0 Å². The van der Waals surface area contributed by atoms with Gasteiger partial charge in [-0.2, -0.15) is 0 Å². The monoisotopic (exact) mass is 328 g/mol. The molecule has 0 aliphatic carbocycles. The van der Waals surface area contributed by atoms with E-state index in [9.17, 15) is 9.59 Å². The molecule has 0 fully saturated rings. The minimum atomic E-state index is -0.995. The first-order valence-corrected chi connectivity index (χ1v) is 8.16. The van der Waals surface area contributed by atoms with Crippen molar-refractivity contribution < 1.29 is 19.4 Å². The van der Waals surface area contributed by atoms with E-state index in [1.54, 1.807) is 20.8 Å². The molecule has 1 aromatic heterocycles. The van der Waals surface area contributed by atoms with E-state index in [1.807, 2.05) is 0 Å². The van der Waals surface area contributed by atoms with Crippen LogP contribution in [0.1, 0.15) is 60.5 Å². The molecular formula is C15H24N2O4S. The van der Waals surface area contributed by atoms with Gasteiger partial charge in [-0.1, -0.05) is 13.8 Å². The van der Waals surface area contributed by atoms with Gasteiger partial charge in [-0.15, -0.1) is 11.3 Å². The number of aromatic nitrogens is 1. The van der Waals surface area contributed by atoms with Gasteiger partial charge in [0.15, 0.2) is 0 Å². The van der Waals surface area contributed by atoms with Crippen molar-refractivity contribution in [3.8, 4) is 0 Å². The van der Waals surface area contributed by atoms with E-state index < -0.39 is 12.1 Å². The molecule has 1 heterocycles. The third-order valence-electron chi connectivity index (χ3n) is 3.17. The Morgan fingerprint density at radius 3 is 2.45 bits per heavy atom. The lowest BCUT2D eigenvalue weighted by atomic mass is 10.1. The van der Waals surface area contributed by atoms with Gasteiger partial charge in [0.2, 0.25) is 5.91 Å². The molecule has 0 aromatic carbocycles. The van der Waals surface area contributed by atoms with E-state index in [-0.39, 0.29) is 16.8 Å². The summed E-state index contributed by atoms with van der Waals surface area (Å²) in [7, 11) is 0. The zero-order valence-corrected chi connectivity index (χ0v) is 14.5. The first kappa shape index (κ1) is 18.6. The summed E-state index contributed by atoms with van der Waals surface area (Å²) in [5, 5.41) is 12.4. The number of carboxylic acids is 1. The van der Waals surface area contributed by atoms with Gasteiger partial charge >= 0.3 is 5.97 Å². The number of carbonyl (C=O) groups is 2. The summed E-state index contributed by atoms with van der Waals surface area (Å²) in [5.74, 6) is -0.687. The third kappa shape index (κ3) is 5.38. The Morgan fingerprint density at radius 2 is 1.95 bits per heavy atom. The average molecular weight is 328 g/mol. The highest BCUT2D eigenvalue weighted by Gasteiger charge is 2.21. The number of aromatic carboxylic acids is 1. The number of hydrogen-bond donors (Lipinski definition) is 2. The van der Waals surface area contributed by atoms with Crippen LogP contribution in [0, 0.1) is 12.8 Å². The van der Waals surface area contributed by atoms with Crippen molar-refractivity contribution in [2.45, 2.75) is 53.2 Å². The van der Waals surface area contributed by atoms with Crippen LogP contribution in [0.3, 0.4) is 0 Å². The molecule has 0 radical (unpaired) electrons. The Morgan fingerprint density at radius 1 is 1.32 bits per heavy atom. The second kappa shape index (κ2) is 8.24. The molecule has 0 saturated carbocycles. The van der Waals surface area contributed by atoms with Gasteiger partial charge in [-0.25, -0.2) is 9.78 Å². The van der Waals surface area contributed by atoms with Crippen LogP contribution in [0.15, 0.2) is 0 Å². The molecular weight excluding hydrogens is 304 g/mol. The third-order valence-corrected chi connectivity index (χ3v) is 4.50. The minimum Gasteiger partial charge on any atom is -0.477 e. The van der Waals surface area contributed by atoms with E-state index in [4.69, 9.17) is 9.84 Å². The first-order valence-electron chi connectivity index (χ1n) is 7.35. The highest BCUT2D eigenvalue weighted by Crippen LogP contribution is 2.23. The lowest BCUT2D eigenvalue weighted by Gasteiger charge is -2.17. The highest BCUT2D eigenvalue weighted by atomic mass is 32.1. The van der Waals surface area contributed by atoms with Crippen LogP contribution < -0.4 is 5.32 Å². The van der Waals surface area contributed by atoms with E-state index in [0.717, 1.165) is 17.8 Å². The maximum atomic E-state index is 12.1. The zero-order chi connectivity index (χ0) is 16.9. The van der Waals surface area contributed by atoms with Crippen molar-refractivity contribution in [1.29, 1.82) is 0 Å². The molecule has 2 unspecified atom stereocenters. The van der Waals surface area contributed by atoms with Crippen LogP contribution in [-0.4, -0.2) is 34.7 Å². The Labute approximate surface area is 134 Å². The van der Waals surface area contributed by atoms with Gasteiger partial charge in [-0.05, 0) is 33.1 Å². The molecule has 22 heavy (non-hydrogen) atoms. The van der Waals surface area contributed by atoms with Gasteiger partial charge in [0.1, 0.15) is 16.0 Å². The maximum Gasteiger partial charge on any atom is 0.347 e. The summed E-state index contributed by atoms with van der Waals surface area (Å²) in [6.07, 6.45) is 0.363. The molecule has 124 valence electrons. The number of hydrogen-bond acceptors (Lipinski definition) is 5. The van der Waals surface area contributed by atoms with Crippen LogP contribution in [0.25, 0.3) is 0 Å². The second-order valence-corrected chi connectivity index (χ2v) is 6.73. The molecule has 1 amide bonds. The molecule has 2 N–H and O–H groups in total. The van der Waals surface area contributed by atoms with Crippen molar-refractivity contribution in [1.82, 2.24) is 10.3 Å². The Kier molecular flexibility index (Phi) is 6.96. The lowest BCUT2D eigenvalue weighted by Crippen LogP contribution is -2.36. The number of ether oxygens (including phenoxy) is 1. The largest absolute Gasteiger partial charge is 0.477 e. The van der Waals surface area contributed by atoms with Crippen molar-refractivity contribution >= 4 is 23.2 Å². The topological polar surface area (TPSA) is 88.5 Å². The normalized spacial score (nSPS) is 13.9. The number of rotatable bonds is 8. The number of carbonyl (C=O) groups excluding carboxylic acids is 1. The average Bonchev–Trinajstić information content (AvgIpc) is 2.80. The number of aryl methyl sites for hydroxylation is 1. The van der Waals surface area contributed by atoms with Crippen LogP contribution in [0.2, 0.25) is 0 Å². The fourth-order valence-corrected chi connectivity index (χ4v) is 2.66. The van der Waals surface area contributed by atoms with Gasteiger partial charge < -0.3 is 15.2 Å². The van der Waals surface area contributed by atoms with E-state index in [1.165, 1.54) is 0 Å². The zero-order valence-electron chi connectivity index (χ0n) is 13.7. The van der Waals surface area contributed by atoms with Crippen molar-refractivity contribution in [2.75, 3.05) is 6.61 Å². The van der Waals surface area contributed by atoms with Crippen molar-refractivity contribution in [2.24, 2.45) is 5.92 Å². The van der Waals surface area contributed by atoms with Gasteiger partial charge in [0.25, 0.3) is 0 Å². The number of thiazole rings is 1. The quantitative estimate of drug-likeness (QED) is 0.766. The molecule has 0 spiro atoms. The Bertz CT molecular complexity index is 528. The predicted molar refractivity (Wildman–Crippen MR) is 85.2 cm³/mol. The molecule has 1 rings (SSSR count). The number of nitrogens with zero attached hydrogens (tertiary/aromatic N) is 1. The first-order chi connectivity index (χ1) is 10.2. The Balaban J connectivity index is 2.56. The van der Waals surface area contributed by atoms with Gasteiger partial charge in [0, 0.05) is 6.61 Å². The van der Waals surface area contributed by atoms with Crippen molar-refractivity contribution in [3.63, 3.8) is 0 Å². The highest BCUT2D eigenvalue weighted by molar-refractivity contribution is 7.13. The van der Waals surface area contributed by atoms with Crippen LogP contribution >= 0.6 is 11.3 Å². The second-order valence-electron chi connectivity index (χ2n) is 5.70. The fraction of sp³-hybridized carbons (Fsp3) is 0.667. The summed E-state index contributed by atoms with van der Waals surface area (Å²) >= 11 is 1.08. The Hall–Kier alpha value is -1.47. The fourth-order valence-electron chi connectivity index (χ4n) is 1.75. The maximum absolute atomic E-state index is 12.1. The standard InChI is InChI=1S/C15H24N2O4S/c1-8(2)6-7-21-11(5)13(18)16-10(4)14-17-9(3)12(22-14)15(19)20/h8,10-11H,6-7H2,1-5H3,(H,16,18)(H,19,20). The molecule has 0 aliphatic rings. The molecule has 1 aromatic rings. The minimum absolute atomic E-state index is 0.206. The molecule has 7 heteroatoms. The van der Waals surface area contributed by atoms with Crippen LogP contribution in [-0.2, 0) is 9.53 Å². The molecule has 0 bridgehead atoms. The molecule has 2 atom stereocenters. The van der Waals surface area contributed by atoms with E-state index in [0.29, 0.717) is 23.2 Å². The van der Waals surface area contributed by atoms with Crippen LogP contribution in [0.4, 0.5) is 0 Å². The SMILES string of the molecule is Cc1nc(C(C)NC(=O)C(C)OCCC(C)C)sc1C(=O)O. The molecule has 0 saturated heterocycles. The smallest absolute Gasteiger partial charge is 0.347 e. The molecule has 6 nitrogen and oxygen atoms in total. The predicted octanol–water partition coefficient (Wildman–Crippen LogP) is 2.78. The summed E-state index contributed by atoms with van der Waals surface area (Å²) in [6, 6.07) is -0.347. The summed E-state index contributed by atoms with van der Waals surface area (Å²) in [6.45, 7) is 9.87. The number of amides is 1. The number of carboxylic acid groups (broad SMARTS) is 1. The van der Waals surface area contributed by atoms with Gasteiger partial charge in [-0.3, -0.25) is 4.79 Å². The summed E-state index contributed by atoms with van der Waals surface area (Å²) < 4.78 is 5.50. The van der Waals surface area contributed by atoms with Gasteiger partial charge in [0.05, 0.1) is 11.7 Å². The number of nitrogens with one attached hydrogen (secondary N) is 1. The lowest BCUT2D eigenvalue weighted by molar-refractivity contribution is -0.132. The van der Waals surface area contributed by atoms with E-state index >= 15 is 0 Å². The summed E-state index contributed by atoms with van der Waals surface area (Å²) in [5.41, 5.74) is 0.467. The summed E-state index contributed by atoms with van der Waals surface area (Å²) in [4.78, 5) is 27.5. The molecule has 0 aliphatic heterocycles. The van der Waals surface area contributed by atoms with E-state index in [2.05, 4.69) is 24.1 Å². The van der Waals surface area contributed by atoms with Crippen molar-refractivity contribution in [3.05, 3.63) is 15.6 Å².